The fourth-order valence-electron chi connectivity index (χ4n) is 3.23. The van der Waals surface area contributed by atoms with E-state index in [2.05, 4.69) is 21.1 Å². The van der Waals surface area contributed by atoms with Gasteiger partial charge >= 0.3 is 0 Å². The first-order valence-corrected chi connectivity index (χ1v) is 9.80. The van der Waals surface area contributed by atoms with Crippen molar-refractivity contribution in [3.8, 4) is 16.9 Å². The van der Waals surface area contributed by atoms with Crippen LogP contribution in [0.5, 0.6) is 0 Å². The Morgan fingerprint density at radius 1 is 1.03 bits per heavy atom. The topological polar surface area (TPSA) is 86.2 Å². The van der Waals surface area contributed by atoms with Crippen LogP contribution in [0.1, 0.15) is 11.3 Å². The van der Waals surface area contributed by atoms with Gasteiger partial charge in [-0.05, 0) is 61.2 Å². The summed E-state index contributed by atoms with van der Waals surface area (Å²) in [6.07, 6.45) is 6.36. The number of rotatable bonds is 5. The van der Waals surface area contributed by atoms with Crippen LogP contribution in [0.3, 0.4) is 0 Å². The number of nitrogens with zero attached hydrogens (tertiary/aromatic N) is 4. The molecule has 6 nitrogen and oxygen atoms in total. The molecule has 2 aromatic carbocycles. The van der Waals surface area contributed by atoms with Crippen molar-refractivity contribution in [2.24, 2.45) is 10.7 Å². The highest BCUT2D eigenvalue weighted by molar-refractivity contribution is 6.08. The molecule has 0 atom stereocenters. The molecule has 152 valence electrons. The molecule has 0 fully saturated rings. The minimum atomic E-state index is -0.230. The molecule has 0 radical (unpaired) electrons. The van der Waals surface area contributed by atoms with Crippen LogP contribution in [0.15, 0.2) is 107 Å². The molecule has 0 saturated carbocycles. The van der Waals surface area contributed by atoms with Gasteiger partial charge in [-0.3, -0.25) is 9.78 Å². The molecule has 31 heavy (non-hydrogen) atoms. The van der Waals surface area contributed by atoms with Crippen LogP contribution in [-0.2, 0) is 0 Å². The van der Waals surface area contributed by atoms with E-state index in [0.29, 0.717) is 11.4 Å². The zero-order valence-corrected chi connectivity index (χ0v) is 17.0. The lowest BCUT2D eigenvalue weighted by molar-refractivity contribution is 0.823. The first kappa shape index (κ1) is 20.0. The van der Waals surface area contributed by atoms with E-state index in [9.17, 15) is 4.79 Å². The summed E-state index contributed by atoms with van der Waals surface area (Å²) in [5.74, 6) is 0. The van der Waals surface area contributed by atoms with Gasteiger partial charge in [0.2, 0.25) is 5.43 Å². The minimum absolute atomic E-state index is 0.223. The van der Waals surface area contributed by atoms with Crippen molar-refractivity contribution in [2.75, 3.05) is 0 Å². The molecule has 0 aliphatic heterocycles. The van der Waals surface area contributed by atoms with Crippen molar-refractivity contribution in [3.63, 3.8) is 0 Å². The Kier molecular flexibility index (Phi) is 5.80. The minimum Gasteiger partial charge on any atom is -0.405 e. The van der Waals surface area contributed by atoms with E-state index in [1.807, 2.05) is 67.6 Å². The van der Waals surface area contributed by atoms with Gasteiger partial charge in [-0.1, -0.05) is 30.3 Å². The van der Waals surface area contributed by atoms with Gasteiger partial charge in [-0.2, -0.15) is 5.10 Å². The molecule has 2 N–H and O–H groups in total. The molecular formula is C25H21N5O. The third-order valence-electron chi connectivity index (χ3n) is 4.71. The summed E-state index contributed by atoms with van der Waals surface area (Å²) in [6.45, 7) is 2.00. The smallest absolute Gasteiger partial charge is 0.209 e. The van der Waals surface area contributed by atoms with Crippen molar-refractivity contribution >= 4 is 11.4 Å². The highest BCUT2D eigenvalue weighted by Crippen LogP contribution is 2.22. The highest BCUT2D eigenvalue weighted by atomic mass is 16.1. The summed E-state index contributed by atoms with van der Waals surface area (Å²) in [4.78, 5) is 21.6. The van der Waals surface area contributed by atoms with Gasteiger partial charge < -0.3 is 5.73 Å². The summed E-state index contributed by atoms with van der Waals surface area (Å²) < 4.78 is 1.68. The molecular weight excluding hydrogens is 386 g/mol. The number of aliphatic imine (C=N–C) groups is 1. The Hall–Kier alpha value is -4.32. The van der Waals surface area contributed by atoms with Crippen LogP contribution < -0.4 is 11.2 Å². The van der Waals surface area contributed by atoms with E-state index in [0.717, 1.165) is 22.5 Å². The van der Waals surface area contributed by atoms with Crippen molar-refractivity contribution in [1.82, 2.24) is 14.8 Å². The monoisotopic (exact) mass is 407 g/mol. The third kappa shape index (κ3) is 4.48. The van der Waals surface area contributed by atoms with E-state index < -0.39 is 0 Å². The lowest BCUT2D eigenvalue weighted by Crippen LogP contribution is -2.20. The van der Waals surface area contributed by atoms with E-state index in [1.165, 1.54) is 12.3 Å². The van der Waals surface area contributed by atoms with Gasteiger partial charge in [-0.15, -0.1) is 0 Å². The second-order valence-corrected chi connectivity index (χ2v) is 6.88. The molecule has 2 aromatic heterocycles. The first-order chi connectivity index (χ1) is 15.2. The van der Waals surface area contributed by atoms with Gasteiger partial charge in [0.15, 0.2) is 5.69 Å². The quantitative estimate of drug-likeness (QED) is 0.503. The molecule has 4 aromatic rings. The molecule has 6 heteroatoms. The van der Waals surface area contributed by atoms with Gasteiger partial charge in [0.1, 0.15) is 0 Å². The average Bonchev–Trinajstić information content (AvgIpc) is 2.80. The zero-order valence-electron chi connectivity index (χ0n) is 17.0. The van der Waals surface area contributed by atoms with Crippen LogP contribution in [-0.4, -0.2) is 20.5 Å². The third-order valence-corrected chi connectivity index (χ3v) is 4.71. The Labute approximate surface area is 180 Å². The summed E-state index contributed by atoms with van der Waals surface area (Å²) in [5.41, 5.74) is 10.5. The highest BCUT2D eigenvalue weighted by Gasteiger charge is 2.11. The van der Waals surface area contributed by atoms with Crippen LogP contribution in [0.25, 0.3) is 16.9 Å². The van der Waals surface area contributed by atoms with Crippen LogP contribution in [0.2, 0.25) is 0 Å². The number of hydrogen-bond acceptors (Lipinski definition) is 5. The fourth-order valence-corrected chi connectivity index (χ4v) is 3.23. The number of pyridine rings is 1. The van der Waals surface area contributed by atoms with Crippen molar-refractivity contribution < 1.29 is 0 Å². The number of hydrogen-bond donors (Lipinski definition) is 1. The summed E-state index contributed by atoms with van der Waals surface area (Å²) in [6, 6.07) is 22.7. The SMILES string of the molecule is Cc1cc(-c2ccccn2)ccc1-n1ccc(=O)c(C(C=CN)=Nc2ccccc2)n1. The molecule has 0 amide bonds. The average molecular weight is 407 g/mol. The van der Waals surface area contributed by atoms with Gasteiger partial charge in [0, 0.05) is 24.0 Å². The Bertz CT molecular complexity index is 1310. The fraction of sp³-hybridized carbons (Fsp3) is 0.0400. The number of aryl methyl sites for hydroxylation is 1. The molecule has 2 heterocycles. The van der Waals surface area contributed by atoms with E-state index in [1.54, 1.807) is 23.2 Å². The maximum atomic E-state index is 12.6. The van der Waals surface area contributed by atoms with Gasteiger partial charge in [0.25, 0.3) is 0 Å². The van der Waals surface area contributed by atoms with E-state index >= 15 is 0 Å². The predicted molar refractivity (Wildman–Crippen MR) is 124 cm³/mol. The molecule has 0 unspecified atom stereocenters. The summed E-state index contributed by atoms with van der Waals surface area (Å²) >= 11 is 0. The van der Waals surface area contributed by atoms with Crippen LogP contribution in [0, 0.1) is 6.92 Å². The van der Waals surface area contributed by atoms with Gasteiger partial charge in [0.05, 0.1) is 22.8 Å². The van der Waals surface area contributed by atoms with Gasteiger partial charge in [-0.25, -0.2) is 9.67 Å². The molecule has 0 aliphatic carbocycles. The Morgan fingerprint density at radius 3 is 2.55 bits per heavy atom. The Balaban J connectivity index is 1.77. The summed E-state index contributed by atoms with van der Waals surface area (Å²) in [7, 11) is 0. The second-order valence-electron chi connectivity index (χ2n) is 6.88. The maximum absolute atomic E-state index is 12.6. The number of aromatic nitrogens is 3. The number of benzene rings is 2. The lowest BCUT2D eigenvalue weighted by Gasteiger charge is -2.12. The first-order valence-electron chi connectivity index (χ1n) is 9.80. The number of nitrogens with two attached hydrogens (primary N) is 1. The zero-order chi connectivity index (χ0) is 21.6. The molecule has 4 rings (SSSR count). The standard InChI is InChI=1S/C25H21N5O/c1-18-17-19(21-9-5-6-15-27-21)10-11-23(18)30-16-13-24(31)25(29-30)22(12-14-26)28-20-7-3-2-4-8-20/h2-17H,26H2,1H3. The molecule has 0 spiro atoms. The number of para-hydroxylation sites is 1. The maximum Gasteiger partial charge on any atom is 0.209 e. The predicted octanol–water partition coefficient (Wildman–Crippen LogP) is 4.20. The molecule has 0 bridgehead atoms. The van der Waals surface area contributed by atoms with Crippen molar-refractivity contribution in [3.05, 3.63) is 119 Å². The molecule has 0 saturated heterocycles. The molecule has 0 aliphatic rings. The Morgan fingerprint density at radius 2 is 1.84 bits per heavy atom. The lowest BCUT2D eigenvalue weighted by atomic mass is 10.1. The van der Waals surface area contributed by atoms with Crippen molar-refractivity contribution in [1.29, 1.82) is 0 Å². The van der Waals surface area contributed by atoms with Crippen LogP contribution in [0.4, 0.5) is 5.69 Å². The van der Waals surface area contributed by atoms with E-state index in [-0.39, 0.29) is 11.1 Å². The normalized spacial score (nSPS) is 11.7. The van der Waals surface area contributed by atoms with Crippen LogP contribution >= 0.6 is 0 Å². The largest absolute Gasteiger partial charge is 0.405 e. The number of allylic oxidation sites excluding steroid dienone is 1. The van der Waals surface area contributed by atoms with Crippen molar-refractivity contribution in [2.45, 2.75) is 6.92 Å². The summed E-state index contributed by atoms with van der Waals surface area (Å²) in [5, 5.41) is 4.57. The second kappa shape index (κ2) is 9.00. The van der Waals surface area contributed by atoms with E-state index in [4.69, 9.17) is 5.73 Å².